The molecule has 0 amide bonds. The number of carbonyl (C=O) groups is 4. The summed E-state index contributed by atoms with van der Waals surface area (Å²) in [4.78, 5) is 71.1. The van der Waals surface area contributed by atoms with E-state index in [2.05, 4.69) is 10.6 Å². The molecule has 0 aliphatic rings. The zero-order chi connectivity index (χ0) is 43.4. The Hall–Kier alpha value is -5.30. The standard InChI is InChI=1S/C19H23Cl2N3O5.C19H23F2N3O5/c2*1-11(2)5-15(17(25)26)22-16(18(27)28)10-24-4-3-23(19(24)29)9-12-6-13(20)8-14(21)7-12/h2*3-4,6-8,11,15-16,22H,5,9-10H2,1-2H3,(H,25,26)(H,27,28). The van der Waals surface area contributed by atoms with E-state index >= 15 is 0 Å². The lowest BCUT2D eigenvalue weighted by Gasteiger charge is -2.21. The molecule has 0 spiro atoms. The number of halogens is 4. The van der Waals surface area contributed by atoms with Crippen molar-refractivity contribution in [1.29, 1.82) is 0 Å². The van der Waals surface area contributed by atoms with Crippen LogP contribution in [-0.4, -0.2) is 86.7 Å². The van der Waals surface area contributed by atoms with Gasteiger partial charge in [-0.3, -0.25) is 48.1 Å². The van der Waals surface area contributed by atoms with E-state index in [1.165, 1.54) is 38.5 Å². The van der Waals surface area contributed by atoms with E-state index in [0.29, 0.717) is 10.0 Å². The highest BCUT2D eigenvalue weighted by Gasteiger charge is 2.29. The van der Waals surface area contributed by atoms with Crippen molar-refractivity contribution in [2.75, 3.05) is 0 Å². The predicted molar refractivity (Wildman–Crippen MR) is 209 cm³/mol. The van der Waals surface area contributed by atoms with E-state index in [4.69, 9.17) is 23.2 Å². The number of aromatic nitrogens is 4. The number of aliphatic carboxylic acids is 4. The third-order valence-electron chi connectivity index (χ3n) is 8.56. The van der Waals surface area contributed by atoms with Crippen LogP contribution in [0.15, 0.2) is 70.8 Å². The van der Waals surface area contributed by atoms with E-state index in [0.717, 1.165) is 28.3 Å². The van der Waals surface area contributed by atoms with E-state index in [9.17, 15) is 58.0 Å². The van der Waals surface area contributed by atoms with Gasteiger partial charge in [-0.2, -0.15) is 0 Å². The van der Waals surface area contributed by atoms with Gasteiger partial charge in [-0.1, -0.05) is 50.9 Å². The molecule has 2 aromatic heterocycles. The maximum atomic E-state index is 13.3. The molecule has 0 aliphatic heterocycles. The number of benzene rings is 2. The topological polar surface area (TPSA) is 227 Å². The molecule has 0 radical (unpaired) electrons. The molecule has 0 aliphatic carbocycles. The first kappa shape index (κ1) is 47.1. The van der Waals surface area contributed by atoms with Crippen molar-refractivity contribution in [2.24, 2.45) is 11.8 Å². The highest BCUT2D eigenvalue weighted by Crippen LogP contribution is 2.19. The molecule has 0 bridgehead atoms. The van der Waals surface area contributed by atoms with Crippen LogP contribution >= 0.6 is 23.2 Å². The Labute approximate surface area is 341 Å². The van der Waals surface area contributed by atoms with Gasteiger partial charge in [0.25, 0.3) is 0 Å². The molecule has 4 rings (SSSR count). The molecule has 16 nitrogen and oxygen atoms in total. The summed E-state index contributed by atoms with van der Waals surface area (Å²) in [5.41, 5.74) is -0.0559. The molecule has 58 heavy (non-hydrogen) atoms. The summed E-state index contributed by atoms with van der Waals surface area (Å²) in [5, 5.41) is 43.6. The zero-order valence-corrected chi connectivity index (χ0v) is 33.5. The fourth-order valence-electron chi connectivity index (χ4n) is 5.93. The van der Waals surface area contributed by atoms with Crippen LogP contribution in [0, 0.1) is 23.5 Å². The molecule has 316 valence electrons. The lowest BCUT2D eigenvalue weighted by molar-refractivity contribution is -0.145. The van der Waals surface area contributed by atoms with E-state index in [1.807, 2.05) is 27.7 Å². The van der Waals surface area contributed by atoms with Crippen LogP contribution in [0.2, 0.25) is 10.0 Å². The number of imidazole rings is 2. The molecule has 0 saturated heterocycles. The largest absolute Gasteiger partial charge is 0.480 e. The van der Waals surface area contributed by atoms with Crippen molar-refractivity contribution in [3.63, 3.8) is 0 Å². The van der Waals surface area contributed by atoms with Crippen LogP contribution in [0.3, 0.4) is 0 Å². The molecule has 4 atom stereocenters. The Morgan fingerprint density at radius 3 is 1.21 bits per heavy atom. The van der Waals surface area contributed by atoms with E-state index in [-0.39, 0.29) is 56.4 Å². The van der Waals surface area contributed by atoms with E-state index < -0.39 is 71.1 Å². The van der Waals surface area contributed by atoms with Crippen molar-refractivity contribution in [2.45, 2.75) is 90.9 Å². The molecule has 2 heterocycles. The van der Waals surface area contributed by atoms with Crippen LogP contribution in [-0.2, 0) is 45.4 Å². The summed E-state index contributed by atoms with van der Waals surface area (Å²) in [6, 6.07) is 3.21. The molecule has 0 saturated carbocycles. The van der Waals surface area contributed by atoms with Gasteiger partial charge in [0, 0.05) is 40.9 Å². The Morgan fingerprint density at radius 1 is 0.552 bits per heavy atom. The van der Waals surface area contributed by atoms with Crippen molar-refractivity contribution in [1.82, 2.24) is 28.9 Å². The summed E-state index contributed by atoms with van der Waals surface area (Å²) in [7, 11) is 0. The lowest BCUT2D eigenvalue weighted by atomic mass is 10.0. The third kappa shape index (κ3) is 14.6. The Kier molecular flexibility index (Phi) is 17.4. The first-order valence-electron chi connectivity index (χ1n) is 18.0. The minimum absolute atomic E-state index is 0.0218. The van der Waals surface area contributed by atoms with Crippen LogP contribution in [0.25, 0.3) is 0 Å². The van der Waals surface area contributed by atoms with Gasteiger partial charge in [0.2, 0.25) is 0 Å². The number of carboxylic acids is 4. The van der Waals surface area contributed by atoms with Crippen molar-refractivity contribution in [3.8, 4) is 0 Å². The van der Waals surface area contributed by atoms with Crippen molar-refractivity contribution in [3.05, 3.63) is 115 Å². The molecular weight excluding hydrogens is 809 g/mol. The SMILES string of the molecule is CC(C)CC(NC(Cn1ccn(Cc2cc(Cl)cc(Cl)c2)c1=O)C(=O)O)C(=O)O.CC(C)CC(NC(Cn1ccn(Cc2cc(F)cc(F)c2)c1=O)C(=O)O)C(=O)O. The molecule has 4 aromatic rings. The monoisotopic (exact) mass is 854 g/mol. The number of nitrogens with zero attached hydrogens (tertiary/aromatic N) is 4. The summed E-state index contributed by atoms with van der Waals surface area (Å²) in [6.07, 6.45) is 6.19. The van der Waals surface area contributed by atoms with E-state index in [1.54, 1.807) is 18.2 Å². The van der Waals surface area contributed by atoms with Gasteiger partial charge in [-0.15, -0.1) is 0 Å². The second-order valence-corrected chi connectivity index (χ2v) is 15.3. The second kappa shape index (κ2) is 21.5. The Bertz CT molecular complexity index is 1990. The minimum atomic E-state index is -1.31. The Morgan fingerprint density at radius 2 is 0.879 bits per heavy atom. The normalized spacial score (nSPS) is 13.4. The average Bonchev–Trinajstić information content (AvgIpc) is 3.61. The maximum Gasteiger partial charge on any atom is 0.328 e. The van der Waals surface area contributed by atoms with Gasteiger partial charge in [-0.25, -0.2) is 18.4 Å². The first-order valence-corrected chi connectivity index (χ1v) is 18.7. The van der Waals surface area contributed by atoms with Gasteiger partial charge in [0.05, 0.1) is 26.2 Å². The maximum absolute atomic E-state index is 13.3. The fourth-order valence-corrected chi connectivity index (χ4v) is 6.50. The van der Waals surface area contributed by atoms with Gasteiger partial charge in [0.1, 0.15) is 35.8 Å². The Balaban J connectivity index is 0.000000310. The van der Waals surface area contributed by atoms with Crippen LogP contribution in [0.4, 0.5) is 8.78 Å². The minimum Gasteiger partial charge on any atom is -0.480 e. The molecule has 4 unspecified atom stereocenters. The highest BCUT2D eigenvalue weighted by molar-refractivity contribution is 6.34. The smallest absolute Gasteiger partial charge is 0.328 e. The number of hydrogen-bond donors (Lipinski definition) is 6. The van der Waals surface area contributed by atoms with Crippen LogP contribution in [0.1, 0.15) is 51.7 Å². The first-order chi connectivity index (χ1) is 27.1. The highest BCUT2D eigenvalue weighted by atomic mass is 35.5. The van der Waals surface area contributed by atoms with Gasteiger partial charge in [0.15, 0.2) is 0 Å². The molecule has 0 fully saturated rings. The second-order valence-electron chi connectivity index (χ2n) is 14.4. The zero-order valence-electron chi connectivity index (χ0n) is 32.0. The summed E-state index contributed by atoms with van der Waals surface area (Å²) >= 11 is 12.0. The third-order valence-corrected chi connectivity index (χ3v) is 8.99. The van der Waals surface area contributed by atoms with Crippen molar-refractivity contribution < 1.29 is 48.4 Å². The van der Waals surface area contributed by atoms with Crippen LogP contribution in [0.5, 0.6) is 0 Å². The quantitative estimate of drug-likeness (QED) is 0.0740. The predicted octanol–water partition coefficient (Wildman–Crippen LogP) is 4.07. The van der Waals surface area contributed by atoms with Crippen molar-refractivity contribution >= 4 is 47.1 Å². The summed E-state index contributed by atoms with van der Waals surface area (Å²) in [5.74, 6) is -6.30. The lowest BCUT2D eigenvalue weighted by Crippen LogP contribution is -2.50. The van der Waals surface area contributed by atoms with Gasteiger partial charge in [-0.05, 0) is 66.1 Å². The summed E-state index contributed by atoms with van der Waals surface area (Å²) < 4.78 is 31.5. The number of hydrogen-bond acceptors (Lipinski definition) is 8. The van der Waals surface area contributed by atoms with Crippen LogP contribution < -0.4 is 22.0 Å². The molecular formula is C38H46Cl2F2N6O10. The average molecular weight is 856 g/mol. The molecule has 2 aromatic carbocycles. The molecule has 6 N–H and O–H groups in total. The molecule has 20 heteroatoms. The number of nitrogens with one attached hydrogen (secondary N) is 2. The summed E-state index contributed by atoms with van der Waals surface area (Å²) in [6.45, 7) is 6.92. The van der Waals surface area contributed by atoms with Gasteiger partial charge < -0.3 is 20.4 Å². The number of rotatable bonds is 20. The van der Waals surface area contributed by atoms with Gasteiger partial charge >= 0.3 is 35.3 Å². The fraction of sp³-hybridized carbons (Fsp3) is 0.421. The number of carboxylic acid groups (broad SMARTS) is 4.